The van der Waals surface area contributed by atoms with Gasteiger partial charge in [0.1, 0.15) is 0 Å². The monoisotopic (exact) mass is 421 g/mol. The van der Waals surface area contributed by atoms with Crippen molar-refractivity contribution in [3.8, 4) is 0 Å². The van der Waals surface area contributed by atoms with Crippen molar-refractivity contribution in [2.24, 2.45) is 0 Å². The predicted molar refractivity (Wildman–Crippen MR) is 112 cm³/mol. The summed E-state index contributed by atoms with van der Waals surface area (Å²) >= 11 is 6.07. The van der Waals surface area contributed by atoms with Gasteiger partial charge in [-0.05, 0) is 55.7 Å². The number of carbonyl (C=O) groups is 1. The first-order chi connectivity index (χ1) is 13.4. The number of aryl methyl sites for hydroxylation is 1. The maximum absolute atomic E-state index is 12.8. The molecule has 1 saturated heterocycles. The Morgan fingerprint density at radius 2 is 1.82 bits per heavy atom. The molecule has 0 aliphatic carbocycles. The molecule has 28 heavy (non-hydrogen) atoms. The van der Waals surface area contributed by atoms with E-state index in [-0.39, 0.29) is 17.3 Å². The SMILES string of the molecule is Cc1ccc(NC(=O)CNc2cccc(S(=O)(=O)N3CCCCC3)c2)cc1Cl. The van der Waals surface area contributed by atoms with Crippen molar-refractivity contribution in [1.29, 1.82) is 0 Å². The summed E-state index contributed by atoms with van der Waals surface area (Å²) in [6.07, 6.45) is 2.84. The minimum atomic E-state index is -3.50. The highest BCUT2D eigenvalue weighted by molar-refractivity contribution is 7.89. The van der Waals surface area contributed by atoms with E-state index in [4.69, 9.17) is 11.6 Å². The second-order valence-electron chi connectivity index (χ2n) is 6.86. The van der Waals surface area contributed by atoms with Crippen molar-refractivity contribution in [1.82, 2.24) is 4.31 Å². The number of hydrogen-bond acceptors (Lipinski definition) is 4. The molecule has 0 radical (unpaired) electrons. The van der Waals surface area contributed by atoms with Crippen LogP contribution in [0.25, 0.3) is 0 Å². The van der Waals surface area contributed by atoms with Crippen LogP contribution in [0.5, 0.6) is 0 Å². The number of rotatable bonds is 6. The average molecular weight is 422 g/mol. The minimum absolute atomic E-state index is 0.0126. The van der Waals surface area contributed by atoms with Crippen LogP contribution in [0.4, 0.5) is 11.4 Å². The molecule has 0 atom stereocenters. The molecule has 0 saturated carbocycles. The zero-order valence-electron chi connectivity index (χ0n) is 15.7. The van der Waals surface area contributed by atoms with E-state index >= 15 is 0 Å². The van der Waals surface area contributed by atoms with Gasteiger partial charge in [-0.3, -0.25) is 4.79 Å². The number of halogens is 1. The van der Waals surface area contributed by atoms with Crippen LogP contribution < -0.4 is 10.6 Å². The summed E-state index contributed by atoms with van der Waals surface area (Å²) in [5, 5.41) is 6.33. The van der Waals surface area contributed by atoms with E-state index in [1.807, 2.05) is 13.0 Å². The van der Waals surface area contributed by atoms with Gasteiger partial charge in [0.25, 0.3) is 0 Å². The fourth-order valence-corrected chi connectivity index (χ4v) is 4.82. The number of piperidine rings is 1. The molecule has 1 aliphatic rings. The Labute approximate surface area is 170 Å². The van der Waals surface area contributed by atoms with E-state index in [0.29, 0.717) is 29.5 Å². The van der Waals surface area contributed by atoms with E-state index < -0.39 is 10.0 Å². The third-order valence-electron chi connectivity index (χ3n) is 4.70. The van der Waals surface area contributed by atoms with E-state index in [1.165, 1.54) is 4.31 Å². The minimum Gasteiger partial charge on any atom is -0.376 e. The van der Waals surface area contributed by atoms with Crippen LogP contribution in [-0.4, -0.2) is 38.3 Å². The lowest BCUT2D eigenvalue weighted by Crippen LogP contribution is -2.35. The molecule has 150 valence electrons. The second-order valence-corrected chi connectivity index (χ2v) is 9.20. The molecule has 1 heterocycles. The third-order valence-corrected chi connectivity index (χ3v) is 7.00. The molecular weight excluding hydrogens is 398 g/mol. The lowest BCUT2D eigenvalue weighted by atomic mass is 10.2. The second kappa shape index (κ2) is 8.94. The fourth-order valence-electron chi connectivity index (χ4n) is 3.08. The fraction of sp³-hybridized carbons (Fsp3) is 0.350. The number of hydrogen-bond donors (Lipinski definition) is 2. The third kappa shape index (κ3) is 5.04. The van der Waals surface area contributed by atoms with Gasteiger partial charge in [0.05, 0.1) is 11.4 Å². The maximum Gasteiger partial charge on any atom is 0.243 e. The molecule has 8 heteroatoms. The van der Waals surface area contributed by atoms with Gasteiger partial charge in [-0.15, -0.1) is 0 Å². The number of nitrogens with zero attached hydrogens (tertiary/aromatic N) is 1. The van der Waals surface area contributed by atoms with Crippen LogP contribution in [0, 0.1) is 6.92 Å². The average Bonchev–Trinajstić information content (AvgIpc) is 2.70. The molecule has 3 rings (SSSR count). The molecular formula is C20H24ClN3O3S. The van der Waals surface area contributed by atoms with Crippen LogP contribution in [0.1, 0.15) is 24.8 Å². The van der Waals surface area contributed by atoms with E-state index in [9.17, 15) is 13.2 Å². The van der Waals surface area contributed by atoms with Crippen molar-refractivity contribution in [3.63, 3.8) is 0 Å². The Morgan fingerprint density at radius 1 is 1.07 bits per heavy atom. The quantitative estimate of drug-likeness (QED) is 0.742. The molecule has 2 aromatic carbocycles. The molecule has 0 bridgehead atoms. The lowest BCUT2D eigenvalue weighted by molar-refractivity contribution is -0.114. The number of anilines is 2. The predicted octanol–water partition coefficient (Wildman–Crippen LogP) is 3.87. The summed E-state index contributed by atoms with van der Waals surface area (Å²) in [4.78, 5) is 12.4. The highest BCUT2D eigenvalue weighted by Gasteiger charge is 2.25. The van der Waals surface area contributed by atoms with Crippen molar-refractivity contribution in [3.05, 3.63) is 53.1 Å². The lowest BCUT2D eigenvalue weighted by Gasteiger charge is -2.26. The standard InChI is InChI=1S/C20H24ClN3O3S/c1-15-8-9-17(13-19(15)21)23-20(25)14-22-16-6-5-7-18(12-16)28(26,27)24-10-3-2-4-11-24/h5-9,12-13,22H,2-4,10-11,14H2,1H3,(H,23,25). The zero-order chi connectivity index (χ0) is 20.1. The van der Waals surface area contributed by atoms with E-state index in [0.717, 1.165) is 24.8 Å². The first kappa shape index (κ1) is 20.6. The molecule has 0 unspecified atom stereocenters. The van der Waals surface area contributed by atoms with Crippen LogP contribution in [-0.2, 0) is 14.8 Å². The van der Waals surface area contributed by atoms with Gasteiger partial charge in [-0.25, -0.2) is 8.42 Å². The summed E-state index contributed by atoms with van der Waals surface area (Å²) < 4.78 is 27.1. The summed E-state index contributed by atoms with van der Waals surface area (Å²) in [6, 6.07) is 11.9. The van der Waals surface area contributed by atoms with Crippen molar-refractivity contribution >= 4 is 38.9 Å². The normalized spacial score (nSPS) is 15.2. The van der Waals surface area contributed by atoms with Gasteiger partial charge >= 0.3 is 0 Å². The summed E-state index contributed by atoms with van der Waals surface area (Å²) in [6.45, 7) is 3.02. The van der Waals surface area contributed by atoms with Crippen LogP contribution >= 0.6 is 11.6 Å². The molecule has 1 fully saturated rings. The van der Waals surface area contributed by atoms with Gasteiger partial charge in [0, 0.05) is 29.5 Å². The molecule has 1 aliphatic heterocycles. The van der Waals surface area contributed by atoms with Gasteiger partial charge in [0.15, 0.2) is 0 Å². The first-order valence-corrected chi connectivity index (χ1v) is 11.1. The molecule has 6 nitrogen and oxygen atoms in total. The highest BCUT2D eigenvalue weighted by atomic mass is 35.5. The van der Waals surface area contributed by atoms with Crippen LogP contribution in [0.15, 0.2) is 47.4 Å². The number of benzene rings is 2. The summed E-state index contributed by atoms with van der Waals surface area (Å²) in [7, 11) is -3.50. The largest absolute Gasteiger partial charge is 0.376 e. The summed E-state index contributed by atoms with van der Waals surface area (Å²) in [5.74, 6) is -0.246. The number of amides is 1. The van der Waals surface area contributed by atoms with Crippen molar-refractivity contribution < 1.29 is 13.2 Å². The number of nitrogens with one attached hydrogen (secondary N) is 2. The Balaban J connectivity index is 1.62. The number of carbonyl (C=O) groups excluding carboxylic acids is 1. The maximum atomic E-state index is 12.8. The van der Waals surface area contributed by atoms with E-state index in [2.05, 4.69) is 10.6 Å². The smallest absolute Gasteiger partial charge is 0.243 e. The van der Waals surface area contributed by atoms with Crippen LogP contribution in [0.3, 0.4) is 0 Å². The van der Waals surface area contributed by atoms with Crippen molar-refractivity contribution in [2.45, 2.75) is 31.1 Å². The van der Waals surface area contributed by atoms with Gasteiger partial charge in [-0.1, -0.05) is 30.2 Å². The summed E-state index contributed by atoms with van der Waals surface area (Å²) in [5.41, 5.74) is 2.13. The van der Waals surface area contributed by atoms with Gasteiger partial charge < -0.3 is 10.6 Å². The van der Waals surface area contributed by atoms with E-state index in [1.54, 1.807) is 36.4 Å². The Kier molecular flexibility index (Phi) is 6.59. The Hall–Kier alpha value is -2.09. The molecule has 1 amide bonds. The van der Waals surface area contributed by atoms with Gasteiger partial charge in [-0.2, -0.15) is 4.31 Å². The highest BCUT2D eigenvalue weighted by Crippen LogP contribution is 2.23. The Morgan fingerprint density at radius 3 is 2.54 bits per heavy atom. The molecule has 2 N–H and O–H groups in total. The van der Waals surface area contributed by atoms with Crippen LogP contribution in [0.2, 0.25) is 5.02 Å². The molecule has 0 aromatic heterocycles. The zero-order valence-corrected chi connectivity index (χ0v) is 17.3. The molecule has 2 aromatic rings. The topological polar surface area (TPSA) is 78.5 Å². The van der Waals surface area contributed by atoms with Gasteiger partial charge in [0.2, 0.25) is 15.9 Å². The van der Waals surface area contributed by atoms with Crippen molar-refractivity contribution in [2.75, 3.05) is 30.3 Å². The first-order valence-electron chi connectivity index (χ1n) is 9.26. The Bertz CT molecular complexity index is 957. The molecule has 0 spiro atoms. The number of sulfonamides is 1.